The average Bonchev–Trinajstić information content (AvgIpc) is 2.30. The van der Waals surface area contributed by atoms with Crippen molar-refractivity contribution in [1.82, 2.24) is 15.5 Å². The summed E-state index contributed by atoms with van der Waals surface area (Å²) in [5.74, 6) is -1.10. The molecule has 0 heterocycles. The van der Waals surface area contributed by atoms with Crippen LogP contribution < -0.4 is 10.6 Å². The van der Waals surface area contributed by atoms with Gasteiger partial charge in [0.2, 0.25) is 0 Å². The summed E-state index contributed by atoms with van der Waals surface area (Å²) >= 11 is 0. The maximum atomic E-state index is 11.5. The van der Waals surface area contributed by atoms with Crippen molar-refractivity contribution < 1.29 is 19.8 Å². The Morgan fingerprint density at radius 3 is 2.40 bits per heavy atom. The van der Waals surface area contributed by atoms with Gasteiger partial charge in [0.05, 0.1) is 12.0 Å². The van der Waals surface area contributed by atoms with Crippen LogP contribution in [-0.4, -0.2) is 65.4 Å². The van der Waals surface area contributed by atoms with Crippen LogP contribution in [0.2, 0.25) is 0 Å². The zero-order valence-electron chi connectivity index (χ0n) is 12.8. The zero-order valence-corrected chi connectivity index (χ0v) is 12.8. The first-order valence-corrected chi connectivity index (χ1v) is 6.80. The predicted molar refractivity (Wildman–Crippen MR) is 76.7 cm³/mol. The van der Waals surface area contributed by atoms with Crippen molar-refractivity contribution in [3.8, 4) is 0 Å². The second-order valence-electron chi connectivity index (χ2n) is 5.60. The first-order chi connectivity index (χ1) is 9.14. The highest BCUT2D eigenvalue weighted by atomic mass is 16.4. The fourth-order valence-corrected chi connectivity index (χ4v) is 1.51. The standard InChI is InChI=1S/C13H27N3O4/c1-10(2)16(4)7-5-6-14-12(19)15-9-13(3,20)8-11(17)18/h10,20H,5-9H2,1-4H3,(H,17,18)(H2,14,15,19). The van der Waals surface area contributed by atoms with Gasteiger partial charge in [0.15, 0.2) is 0 Å². The number of urea groups is 1. The van der Waals surface area contributed by atoms with Crippen molar-refractivity contribution in [2.24, 2.45) is 0 Å². The van der Waals surface area contributed by atoms with Gasteiger partial charge in [0.25, 0.3) is 0 Å². The first kappa shape index (κ1) is 18.7. The summed E-state index contributed by atoms with van der Waals surface area (Å²) in [5, 5.41) is 23.4. The second-order valence-corrected chi connectivity index (χ2v) is 5.60. The molecule has 0 saturated heterocycles. The van der Waals surface area contributed by atoms with E-state index >= 15 is 0 Å². The molecule has 1 unspecified atom stereocenters. The number of carboxylic acids is 1. The summed E-state index contributed by atoms with van der Waals surface area (Å²) in [6.45, 7) is 6.89. The number of carboxylic acid groups (broad SMARTS) is 1. The number of nitrogens with one attached hydrogen (secondary N) is 2. The quantitative estimate of drug-likeness (QED) is 0.456. The van der Waals surface area contributed by atoms with E-state index in [4.69, 9.17) is 5.11 Å². The third-order valence-corrected chi connectivity index (χ3v) is 3.02. The summed E-state index contributed by atoms with van der Waals surface area (Å²) in [6, 6.07) is 0.0674. The van der Waals surface area contributed by atoms with Crippen LogP contribution >= 0.6 is 0 Å². The Kier molecular flexibility index (Phi) is 8.17. The molecule has 2 amide bonds. The van der Waals surface area contributed by atoms with Crippen LogP contribution in [0.1, 0.15) is 33.6 Å². The van der Waals surface area contributed by atoms with Gasteiger partial charge in [-0.3, -0.25) is 4.79 Å². The van der Waals surface area contributed by atoms with Gasteiger partial charge in [-0.05, 0) is 40.8 Å². The van der Waals surface area contributed by atoms with E-state index in [0.717, 1.165) is 13.0 Å². The van der Waals surface area contributed by atoms with Crippen molar-refractivity contribution >= 4 is 12.0 Å². The van der Waals surface area contributed by atoms with Gasteiger partial charge in [-0.15, -0.1) is 0 Å². The van der Waals surface area contributed by atoms with Crippen molar-refractivity contribution in [3.63, 3.8) is 0 Å². The molecule has 0 aromatic heterocycles. The Morgan fingerprint density at radius 2 is 1.90 bits per heavy atom. The molecule has 0 aliphatic carbocycles. The summed E-state index contributed by atoms with van der Waals surface area (Å²) in [4.78, 5) is 24.1. The predicted octanol–water partition coefficient (Wildman–Crippen LogP) is 0.242. The molecule has 0 spiro atoms. The molecule has 1 atom stereocenters. The smallest absolute Gasteiger partial charge is 0.314 e. The summed E-state index contributed by atoms with van der Waals surface area (Å²) in [5.41, 5.74) is -1.44. The number of aliphatic hydroxyl groups is 1. The maximum absolute atomic E-state index is 11.5. The molecule has 0 rings (SSSR count). The molecule has 0 radical (unpaired) electrons. The molecule has 0 aliphatic heterocycles. The lowest BCUT2D eigenvalue weighted by Gasteiger charge is -2.22. The van der Waals surface area contributed by atoms with E-state index in [1.165, 1.54) is 6.92 Å². The van der Waals surface area contributed by atoms with Crippen molar-refractivity contribution in [2.45, 2.75) is 45.3 Å². The molecule has 4 N–H and O–H groups in total. The van der Waals surface area contributed by atoms with Crippen LogP contribution in [0.15, 0.2) is 0 Å². The average molecular weight is 289 g/mol. The van der Waals surface area contributed by atoms with E-state index in [1.54, 1.807) is 0 Å². The summed E-state index contributed by atoms with van der Waals surface area (Å²) in [7, 11) is 2.02. The van der Waals surface area contributed by atoms with E-state index in [1.807, 2.05) is 7.05 Å². The monoisotopic (exact) mass is 289 g/mol. The Balaban J connectivity index is 3.77. The molecule has 118 valence electrons. The van der Waals surface area contributed by atoms with Crippen molar-refractivity contribution in [3.05, 3.63) is 0 Å². The molecular weight excluding hydrogens is 262 g/mol. The highest BCUT2D eigenvalue weighted by molar-refractivity contribution is 5.74. The molecule has 7 heteroatoms. The van der Waals surface area contributed by atoms with Crippen LogP contribution in [0.25, 0.3) is 0 Å². The highest BCUT2D eigenvalue weighted by Crippen LogP contribution is 2.06. The van der Waals surface area contributed by atoms with Crippen LogP contribution in [0.3, 0.4) is 0 Å². The number of aliphatic carboxylic acids is 1. The molecule has 0 aliphatic rings. The third-order valence-electron chi connectivity index (χ3n) is 3.02. The fourth-order valence-electron chi connectivity index (χ4n) is 1.51. The number of nitrogens with zero attached hydrogens (tertiary/aromatic N) is 1. The first-order valence-electron chi connectivity index (χ1n) is 6.80. The molecule has 0 fully saturated rings. The molecule has 0 aromatic rings. The minimum absolute atomic E-state index is 0.100. The number of hydrogen-bond donors (Lipinski definition) is 4. The van der Waals surface area contributed by atoms with Crippen LogP contribution in [-0.2, 0) is 4.79 Å². The fraction of sp³-hybridized carbons (Fsp3) is 0.846. The van der Waals surface area contributed by atoms with Crippen molar-refractivity contribution in [1.29, 1.82) is 0 Å². The Hall–Kier alpha value is -1.34. The van der Waals surface area contributed by atoms with E-state index in [2.05, 4.69) is 29.4 Å². The third kappa shape index (κ3) is 9.57. The van der Waals surface area contributed by atoms with Gasteiger partial charge in [0, 0.05) is 19.1 Å². The number of carbonyl (C=O) groups excluding carboxylic acids is 1. The van der Waals surface area contributed by atoms with Crippen molar-refractivity contribution in [2.75, 3.05) is 26.7 Å². The number of carbonyl (C=O) groups is 2. The Bertz CT molecular complexity index is 319. The van der Waals surface area contributed by atoms with E-state index in [0.29, 0.717) is 12.6 Å². The number of hydrogen-bond acceptors (Lipinski definition) is 4. The lowest BCUT2D eigenvalue weighted by Crippen LogP contribution is -2.46. The lowest BCUT2D eigenvalue weighted by atomic mass is 10.0. The molecule has 0 aromatic carbocycles. The van der Waals surface area contributed by atoms with E-state index in [9.17, 15) is 14.7 Å². The summed E-state index contributed by atoms with van der Waals surface area (Å²) in [6.07, 6.45) is 0.417. The van der Waals surface area contributed by atoms with E-state index < -0.39 is 24.0 Å². The Labute approximate surface area is 120 Å². The molecule has 0 bridgehead atoms. The Morgan fingerprint density at radius 1 is 1.30 bits per heavy atom. The second kappa shape index (κ2) is 8.76. The minimum Gasteiger partial charge on any atom is -0.481 e. The minimum atomic E-state index is -1.44. The van der Waals surface area contributed by atoms with Gasteiger partial charge in [-0.25, -0.2) is 4.79 Å². The maximum Gasteiger partial charge on any atom is 0.314 e. The van der Waals surface area contributed by atoms with Gasteiger partial charge in [-0.2, -0.15) is 0 Å². The molecule has 7 nitrogen and oxygen atoms in total. The van der Waals surface area contributed by atoms with Gasteiger partial charge >= 0.3 is 12.0 Å². The van der Waals surface area contributed by atoms with Gasteiger partial charge < -0.3 is 25.7 Å². The largest absolute Gasteiger partial charge is 0.481 e. The van der Waals surface area contributed by atoms with Crippen LogP contribution in [0.5, 0.6) is 0 Å². The van der Waals surface area contributed by atoms with Crippen LogP contribution in [0.4, 0.5) is 4.79 Å². The van der Waals surface area contributed by atoms with Gasteiger partial charge in [0.1, 0.15) is 0 Å². The highest BCUT2D eigenvalue weighted by Gasteiger charge is 2.24. The zero-order chi connectivity index (χ0) is 15.8. The lowest BCUT2D eigenvalue weighted by molar-refractivity contribution is -0.141. The molecular formula is C13H27N3O4. The van der Waals surface area contributed by atoms with E-state index in [-0.39, 0.29) is 6.54 Å². The summed E-state index contributed by atoms with van der Waals surface area (Å²) < 4.78 is 0. The normalized spacial score (nSPS) is 14.2. The van der Waals surface area contributed by atoms with Crippen LogP contribution in [0, 0.1) is 0 Å². The number of amides is 2. The molecule has 20 heavy (non-hydrogen) atoms. The molecule has 0 saturated carbocycles. The number of rotatable bonds is 9. The topological polar surface area (TPSA) is 102 Å². The van der Waals surface area contributed by atoms with Gasteiger partial charge in [-0.1, -0.05) is 0 Å². The SMILES string of the molecule is CC(C)N(C)CCCNC(=O)NCC(C)(O)CC(=O)O.